The third-order valence-electron chi connectivity index (χ3n) is 3.37. The van der Waals surface area contributed by atoms with Gasteiger partial charge in [0.05, 0.1) is 6.20 Å². The molecule has 18 heavy (non-hydrogen) atoms. The number of piperidine rings is 1. The van der Waals surface area contributed by atoms with Gasteiger partial charge in [-0.1, -0.05) is 5.21 Å². The van der Waals surface area contributed by atoms with Crippen molar-refractivity contribution in [3.8, 4) is 0 Å². The van der Waals surface area contributed by atoms with Gasteiger partial charge in [-0.15, -0.1) is 5.10 Å². The molecule has 0 bridgehead atoms. The highest BCUT2D eigenvalue weighted by atomic mass is 15.4. The zero-order valence-corrected chi connectivity index (χ0v) is 10.2. The van der Waals surface area contributed by atoms with E-state index < -0.39 is 0 Å². The van der Waals surface area contributed by atoms with Gasteiger partial charge in [-0.2, -0.15) is 0 Å². The van der Waals surface area contributed by atoms with Crippen LogP contribution in [0.3, 0.4) is 0 Å². The average molecular weight is 244 g/mol. The molecule has 6 nitrogen and oxygen atoms in total. The van der Waals surface area contributed by atoms with Gasteiger partial charge in [0.25, 0.3) is 0 Å². The Kier molecular flexibility index (Phi) is 3.16. The lowest BCUT2D eigenvalue weighted by molar-refractivity contribution is 0.337. The smallest absolute Gasteiger partial charge is 0.225 e. The molecule has 1 aliphatic rings. The lowest BCUT2D eigenvalue weighted by Crippen LogP contribution is -2.36. The van der Waals surface area contributed by atoms with Crippen LogP contribution in [0.25, 0.3) is 0 Å². The molecule has 0 radical (unpaired) electrons. The first-order chi connectivity index (χ1) is 8.92. The van der Waals surface area contributed by atoms with Gasteiger partial charge >= 0.3 is 0 Å². The molecule has 3 heterocycles. The number of anilines is 1. The SMILES string of the molecule is c1cnc(N2CCC(Cn3ccnn3)CC2)nc1. The van der Waals surface area contributed by atoms with Crippen LogP contribution in [0.15, 0.2) is 30.9 Å². The summed E-state index contributed by atoms with van der Waals surface area (Å²) in [6.07, 6.45) is 9.55. The van der Waals surface area contributed by atoms with Crippen LogP contribution in [0.2, 0.25) is 0 Å². The second-order valence-electron chi connectivity index (χ2n) is 4.60. The van der Waals surface area contributed by atoms with Crippen LogP contribution >= 0.6 is 0 Å². The number of hydrogen-bond acceptors (Lipinski definition) is 5. The van der Waals surface area contributed by atoms with E-state index in [-0.39, 0.29) is 0 Å². The van der Waals surface area contributed by atoms with Crippen LogP contribution < -0.4 is 4.90 Å². The summed E-state index contributed by atoms with van der Waals surface area (Å²) in [5.41, 5.74) is 0. The van der Waals surface area contributed by atoms with Gasteiger partial charge in [-0.25, -0.2) is 9.97 Å². The molecule has 0 spiro atoms. The fourth-order valence-electron chi connectivity index (χ4n) is 2.36. The van der Waals surface area contributed by atoms with E-state index in [1.807, 2.05) is 16.9 Å². The molecular formula is C12H16N6. The number of hydrogen-bond donors (Lipinski definition) is 0. The highest BCUT2D eigenvalue weighted by molar-refractivity contribution is 5.28. The number of rotatable bonds is 3. The third-order valence-corrected chi connectivity index (χ3v) is 3.37. The predicted molar refractivity (Wildman–Crippen MR) is 67.0 cm³/mol. The summed E-state index contributed by atoms with van der Waals surface area (Å²) in [6, 6.07) is 1.85. The van der Waals surface area contributed by atoms with Gasteiger partial charge in [-0.05, 0) is 24.8 Å². The van der Waals surface area contributed by atoms with Gasteiger partial charge in [0.15, 0.2) is 0 Å². The highest BCUT2D eigenvalue weighted by Gasteiger charge is 2.21. The first-order valence-electron chi connectivity index (χ1n) is 6.28. The van der Waals surface area contributed by atoms with Crippen molar-refractivity contribution in [3.63, 3.8) is 0 Å². The van der Waals surface area contributed by atoms with Crippen molar-refractivity contribution < 1.29 is 0 Å². The van der Waals surface area contributed by atoms with Crippen LogP contribution in [0, 0.1) is 5.92 Å². The highest BCUT2D eigenvalue weighted by Crippen LogP contribution is 2.21. The minimum absolute atomic E-state index is 0.673. The van der Waals surface area contributed by atoms with Gasteiger partial charge < -0.3 is 4.90 Å². The zero-order valence-electron chi connectivity index (χ0n) is 10.2. The van der Waals surface area contributed by atoms with Crippen molar-refractivity contribution in [2.24, 2.45) is 5.92 Å². The Morgan fingerprint density at radius 1 is 1.11 bits per heavy atom. The minimum Gasteiger partial charge on any atom is -0.341 e. The molecule has 2 aromatic heterocycles. The maximum atomic E-state index is 4.29. The van der Waals surface area contributed by atoms with E-state index in [0.29, 0.717) is 5.92 Å². The van der Waals surface area contributed by atoms with E-state index in [1.54, 1.807) is 18.6 Å². The molecule has 1 fully saturated rings. The zero-order chi connectivity index (χ0) is 12.2. The second kappa shape index (κ2) is 5.12. The van der Waals surface area contributed by atoms with Gasteiger partial charge in [0, 0.05) is 38.2 Å². The van der Waals surface area contributed by atoms with Crippen molar-refractivity contribution in [2.45, 2.75) is 19.4 Å². The summed E-state index contributed by atoms with van der Waals surface area (Å²) in [4.78, 5) is 10.8. The predicted octanol–water partition coefficient (Wildman–Crippen LogP) is 0.985. The Morgan fingerprint density at radius 2 is 1.89 bits per heavy atom. The molecule has 94 valence electrons. The Balaban J connectivity index is 1.55. The van der Waals surface area contributed by atoms with E-state index in [4.69, 9.17) is 0 Å². The summed E-state index contributed by atoms with van der Waals surface area (Å²) in [5, 5.41) is 7.85. The third kappa shape index (κ3) is 2.47. The van der Waals surface area contributed by atoms with Crippen molar-refractivity contribution in [2.75, 3.05) is 18.0 Å². The molecule has 3 rings (SSSR count). The van der Waals surface area contributed by atoms with E-state index in [1.165, 1.54) is 0 Å². The van der Waals surface area contributed by atoms with Crippen molar-refractivity contribution >= 4 is 5.95 Å². The standard InChI is InChI=1S/C12H16N6/c1-4-13-12(14-5-1)17-7-2-11(3-8-17)10-18-9-6-15-16-18/h1,4-6,9,11H,2-3,7-8,10H2. The second-order valence-corrected chi connectivity index (χ2v) is 4.60. The molecule has 0 amide bonds. The normalized spacial score (nSPS) is 17.0. The fraction of sp³-hybridized carbons (Fsp3) is 0.500. The average Bonchev–Trinajstić information content (AvgIpc) is 2.94. The van der Waals surface area contributed by atoms with Crippen molar-refractivity contribution in [1.82, 2.24) is 25.0 Å². The molecule has 6 heteroatoms. The Morgan fingerprint density at radius 3 is 2.56 bits per heavy atom. The molecule has 0 unspecified atom stereocenters. The van der Waals surface area contributed by atoms with E-state index in [9.17, 15) is 0 Å². The largest absolute Gasteiger partial charge is 0.341 e. The molecule has 0 aromatic carbocycles. The number of nitrogens with zero attached hydrogens (tertiary/aromatic N) is 6. The topological polar surface area (TPSA) is 59.7 Å². The van der Waals surface area contributed by atoms with Crippen molar-refractivity contribution in [3.05, 3.63) is 30.9 Å². The van der Waals surface area contributed by atoms with Crippen LogP contribution in [0.4, 0.5) is 5.95 Å². The van der Waals surface area contributed by atoms with Gasteiger partial charge in [0.1, 0.15) is 0 Å². The van der Waals surface area contributed by atoms with E-state index >= 15 is 0 Å². The first kappa shape index (κ1) is 11.1. The monoisotopic (exact) mass is 244 g/mol. The summed E-state index contributed by atoms with van der Waals surface area (Å²) >= 11 is 0. The van der Waals surface area contributed by atoms with E-state index in [2.05, 4.69) is 25.2 Å². The maximum absolute atomic E-state index is 4.29. The fourth-order valence-corrected chi connectivity index (χ4v) is 2.36. The van der Waals surface area contributed by atoms with Crippen molar-refractivity contribution in [1.29, 1.82) is 0 Å². The maximum Gasteiger partial charge on any atom is 0.225 e. The molecule has 0 saturated carbocycles. The molecule has 1 saturated heterocycles. The lowest BCUT2D eigenvalue weighted by atomic mass is 9.97. The number of aromatic nitrogens is 5. The minimum atomic E-state index is 0.673. The molecule has 1 aliphatic heterocycles. The molecule has 2 aromatic rings. The Labute approximate surface area is 106 Å². The summed E-state index contributed by atoms with van der Waals surface area (Å²) < 4.78 is 1.92. The van der Waals surface area contributed by atoms with Crippen LogP contribution in [0.5, 0.6) is 0 Å². The molecule has 0 N–H and O–H groups in total. The van der Waals surface area contributed by atoms with Crippen LogP contribution in [0.1, 0.15) is 12.8 Å². The Hall–Kier alpha value is -1.98. The molecule has 0 aliphatic carbocycles. The van der Waals surface area contributed by atoms with Gasteiger partial charge in [0.2, 0.25) is 5.95 Å². The summed E-state index contributed by atoms with van der Waals surface area (Å²) in [6.45, 7) is 3.00. The first-order valence-corrected chi connectivity index (χ1v) is 6.28. The summed E-state index contributed by atoms with van der Waals surface area (Å²) in [5.74, 6) is 1.52. The van der Waals surface area contributed by atoms with Crippen LogP contribution in [-0.4, -0.2) is 38.1 Å². The quantitative estimate of drug-likeness (QED) is 0.805. The molecular weight excluding hydrogens is 228 g/mol. The van der Waals surface area contributed by atoms with Crippen LogP contribution in [-0.2, 0) is 6.54 Å². The Bertz CT molecular complexity index is 461. The lowest BCUT2D eigenvalue weighted by Gasteiger charge is -2.31. The summed E-state index contributed by atoms with van der Waals surface area (Å²) in [7, 11) is 0. The molecule has 0 atom stereocenters. The van der Waals surface area contributed by atoms with Gasteiger partial charge in [-0.3, -0.25) is 4.68 Å². The van der Waals surface area contributed by atoms with E-state index in [0.717, 1.165) is 38.4 Å².